The maximum atomic E-state index is 12.9. The van der Waals surface area contributed by atoms with Crippen molar-refractivity contribution in [1.29, 1.82) is 0 Å². The molecule has 0 spiro atoms. The average molecular weight is 453 g/mol. The number of fused-ring (bicyclic) bond motifs is 1. The van der Waals surface area contributed by atoms with E-state index < -0.39 is 0 Å². The summed E-state index contributed by atoms with van der Waals surface area (Å²) in [5.41, 5.74) is 1.37. The Hall–Kier alpha value is -3.30. The smallest absolute Gasteiger partial charge is 0.258 e. The SMILES string of the molecule is O=C(CSc1nnc(NC(=O)c2cccc3ccccc23)s1)NCc1ccc(F)cc1. The van der Waals surface area contributed by atoms with Crippen molar-refractivity contribution >= 4 is 50.8 Å². The van der Waals surface area contributed by atoms with Gasteiger partial charge < -0.3 is 5.32 Å². The molecule has 4 aromatic rings. The summed E-state index contributed by atoms with van der Waals surface area (Å²) in [6, 6.07) is 19.2. The molecule has 31 heavy (non-hydrogen) atoms. The Kier molecular flexibility index (Phi) is 6.54. The van der Waals surface area contributed by atoms with Crippen molar-refractivity contribution < 1.29 is 14.0 Å². The van der Waals surface area contributed by atoms with Gasteiger partial charge in [-0.15, -0.1) is 10.2 Å². The van der Waals surface area contributed by atoms with Gasteiger partial charge in [-0.05, 0) is 34.5 Å². The quantitative estimate of drug-likeness (QED) is 0.319. The predicted octanol–water partition coefficient (Wildman–Crippen LogP) is 4.49. The highest BCUT2D eigenvalue weighted by Gasteiger charge is 2.14. The monoisotopic (exact) mass is 452 g/mol. The van der Waals surface area contributed by atoms with Gasteiger partial charge in [0.25, 0.3) is 5.91 Å². The van der Waals surface area contributed by atoms with Crippen LogP contribution in [0.5, 0.6) is 0 Å². The fourth-order valence-corrected chi connectivity index (χ4v) is 4.46. The zero-order valence-electron chi connectivity index (χ0n) is 16.2. The highest BCUT2D eigenvalue weighted by molar-refractivity contribution is 8.01. The van der Waals surface area contributed by atoms with Crippen molar-refractivity contribution in [3.8, 4) is 0 Å². The summed E-state index contributed by atoms with van der Waals surface area (Å²) in [4.78, 5) is 24.7. The number of carbonyl (C=O) groups excluding carboxylic acids is 2. The van der Waals surface area contributed by atoms with Crippen LogP contribution in [0.25, 0.3) is 10.8 Å². The molecule has 0 fully saturated rings. The molecule has 1 aromatic heterocycles. The summed E-state index contributed by atoms with van der Waals surface area (Å²) in [6.45, 7) is 0.322. The standard InChI is InChI=1S/C22H17FN4O2S2/c23-16-10-8-14(9-11-16)12-24-19(28)13-30-22-27-26-21(31-22)25-20(29)18-7-3-5-15-4-1-2-6-17(15)18/h1-11H,12-13H2,(H,24,28)(H,25,26,29). The third kappa shape index (κ3) is 5.44. The van der Waals surface area contributed by atoms with E-state index in [1.54, 1.807) is 18.2 Å². The molecular weight excluding hydrogens is 435 g/mol. The summed E-state index contributed by atoms with van der Waals surface area (Å²) >= 11 is 2.44. The maximum absolute atomic E-state index is 12.9. The number of nitrogens with zero attached hydrogens (tertiary/aromatic N) is 2. The van der Waals surface area contributed by atoms with Crippen LogP contribution >= 0.6 is 23.1 Å². The number of nitrogens with one attached hydrogen (secondary N) is 2. The Labute approximate surface area is 185 Å². The van der Waals surface area contributed by atoms with Gasteiger partial charge in [-0.2, -0.15) is 0 Å². The zero-order valence-corrected chi connectivity index (χ0v) is 17.8. The van der Waals surface area contributed by atoms with E-state index >= 15 is 0 Å². The van der Waals surface area contributed by atoms with E-state index in [0.29, 0.717) is 21.6 Å². The van der Waals surface area contributed by atoms with Crippen LogP contribution in [-0.4, -0.2) is 27.8 Å². The van der Waals surface area contributed by atoms with Crippen LogP contribution in [0.1, 0.15) is 15.9 Å². The minimum atomic E-state index is -0.315. The Morgan fingerprint density at radius 3 is 2.58 bits per heavy atom. The van der Waals surface area contributed by atoms with E-state index in [0.717, 1.165) is 16.3 Å². The van der Waals surface area contributed by atoms with E-state index in [4.69, 9.17) is 0 Å². The summed E-state index contributed by atoms with van der Waals surface area (Å²) in [5, 5.41) is 15.8. The number of rotatable bonds is 7. The molecule has 0 saturated heterocycles. The van der Waals surface area contributed by atoms with Gasteiger partial charge in [-0.1, -0.05) is 71.6 Å². The molecule has 2 N–H and O–H groups in total. The molecule has 2 amide bonds. The predicted molar refractivity (Wildman–Crippen MR) is 121 cm³/mol. The highest BCUT2D eigenvalue weighted by atomic mass is 32.2. The Morgan fingerprint density at radius 2 is 1.74 bits per heavy atom. The van der Waals surface area contributed by atoms with Crippen LogP contribution in [0.2, 0.25) is 0 Å². The fraction of sp³-hybridized carbons (Fsp3) is 0.0909. The third-order valence-corrected chi connectivity index (χ3v) is 6.36. The van der Waals surface area contributed by atoms with Crippen LogP contribution in [-0.2, 0) is 11.3 Å². The lowest BCUT2D eigenvalue weighted by atomic mass is 10.0. The summed E-state index contributed by atoms with van der Waals surface area (Å²) in [7, 11) is 0. The second-order valence-electron chi connectivity index (χ2n) is 6.55. The van der Waals surface area contributed by atoms with Crippen molar-refractivity contribution in [1.82, 2.24) is 15.5 Å². The van der Waals surface area contributed by atoms with Gasteiger partial charge in [0.1, 0.15) is 5.82 Å². The molecule has 0 radical (unpaired) electrons. The molecule has 4 rings (SSSR count). The molecule has 1 heterocycles. The third-order valence-electron chi connectivity index (χ3n) is 4.39. The summed E-state index contributed by atoms with van der Waals surface area (Å²) < 4.78 is 13.5. The van der Waals surface area contributed by atoms with Gasteiger partial charge in [-0.25, -0.2) is 4.39 Å². The Balaban J connectivity index is 1.30. The molecule has 0 aliphatic rings. The van der Waals surface area contributed by atoms with E-state index in [1.807, 2.05) is 36.4 Å². The van der Waals surface area contributed by atoms with Crippen molar-refractivity contribution in [2.24, 2.45) is 0 Å². The highest BCUT2D eigenvalue weighted by Crippen LogP contribution is 2.26. The van der Waals surface area contributed by atoms with Gasteiger partial charge in [0.15, 0.2) is 4.34 Å². The van der Waals surface area contributed by atoms with Crippen LogP contribution < -0.4 is 10.6 Å². The number of hydrogen-bond acceptors (Lipinski definition) is 6. The number of aromatic nitrogens is 2. The zero-order chi connectivity index (χ0) is 21.6. The minimum absolute atomic E-state index is 0.160. The second-order valence-corrected chi connectivity index (χ2v) is 8.75. The first-order chi connectivity index (χ1) is 15.1. The first-order valence-corrected chi connectivity index (χ1v) is 11.2. The lowest BCUT2D eigenvalue weighted by Crippen LogP contribution is -2.24. The number of benzene rings is 3. The Morgan fingerprint density at radius 1 is 0.968 bits per heavy atom. The Bertz CT molecular complexity index is 1220. The number of halogens is 1. The fourth-order valence-electron chi connectivity index (χ4n) is 2.89. The van der Waals surface area contributed by atoms with Crippen LogP contribution in [0.3, 0.4) is 0 Å². The van der Waals surface area contributed by atoms with Crippen LogP contribution in [0, 0.1) is 5.82 Å². The first-order valence-electron chi connectivity index (χ1n) is 9.35. The average Bonchev–Trinajstić information content (AvgIpc) is 3.24. The van der Waals surface area contributed by atoms with E-state index in [-0.39, 0.29) is 23.4 Å². The minimum Gasteiger partial charge on any atom is -0.351 e. The largest absolute Gasteiger partial charge is 0.351 e. The molecule has 0 atom stereocenters. The molecule has 0 bridgehead atoms. The van der Waals surface area contributed by atoms with Crippen molar-refractivity contribution in [3.63, 3.8) is 0 Å². The van der Waals surface area contributed by atoms with Crippen molar-refractivity contribution in [2.45, 2.75) is 10.9 Å². The second kappa shape index (κ2) is 9.67. The molecule has 3 aromatic carbocycles. The lowest BCUT2D eigenvalue weighted by Gasteiger charge is -2.05. The lowest BCUT2D eigenvalue weighted by molar-refractivity contribution is -0.118. The number of hydrogen-bond donors (Lipinski definition) is 2. The summed E-state index contributed by atoms with van der Waals surface area (Å²) in [5.74, 6) is -0.592. The van der Waals surface area contributed by atoms with Gasteiger partial charge >= 0.3 is 0 Å². The number of carbonyl (C=O) groups is 2. The van der Waals surface area contributed by atoms with E-state index in [2.05, 4.69) is 20.8 Å². The molecule has 0 aliphatic heterocycles. The molecular formula is C22H17FN4O2S2. The molecule has 156 valence electrons. The first kappa shape index (κ1) is 21.0. The normalized spacial score (nSPS) is 10.7. The topological polar surface area (TPSA) is 84.0 Å². The van der Waals surface area contributed by atoms with Crippen molar-refractivity contribution in [3.05, 3.63) is 83.7 Å². The molecule has 0 unspecified atom stereocenters. The van der Waals surface area contributed by atoms with E-state index in [1.165, 1.54) is 35.2 Å². The maximum Gasteiger partial charge on any atom is 0.258 e. The molecule has 0 saturated carbocycles. The molecule has 0 aliphatic carbocycles. The van der Waals surface area contributed by atoms with Gasteiger partial charge in [0, 0.05) is 12.1 Å². The van der Waals surface area contributed by atoms with Crippen LogP contribution in [0.4, 0.5) is 9.52 Å². The number of anilines is 1. The summed E-state index contributed by atoms with van der Waals surface area (Å²) in [6.07, 6.45) is 0. The van der Waals surface area contributed by atoms with Crippen LogP contribution in [0.15, 0.2) is 71.1 Å². The van der Waals surface area contributed by atoms with Gasteiger partial charge in [-0.3, -0.25) is 14.9 Å². The van der Waals surface area contributed by atoms with E-state index in [9.17, 15) is 14.0 Å². The van der Waals surface area contributed by atoms with Gasteiger partial charge in [0.2, 0.25) is 11.0 Å². The van der Waals surface area contributed by atoms with Crippen molar-refractivity contribution in [2.75, 3.05) is 11.1 Å². The molecule has 6 nitrogen and oxygen atoms in total. The van der Waals surface area contributed by atoms with Gasteiger partial charge in [0.05, 0.1) is 5.75 Å². The molecule has 9 heteroatoms. The number of thioether (sulfide) groups is 1. The number of amides is 2.